The van der Waals surface area contributed by atoms with E-state index >= 15 is 0 Å². The molecule has 2 amide bonds. The van der Waals surface area contributed by atoms with Gasteiger partial charge < -0.3 is 10.1 Å². The zero-order valence-corrected chi connectivity index (χ0v) is 20.3. The van der Waals surface area contributed by atoms with Gasteiger partial charge in [0.15, 0.2) is 0 Å². The number of nitrogens with one attached hydrogen (secondary N) is 1. The lowest BCUT2D eigenvalue weighted by atomic mass is 10.0. The lowest BCUT2D eigenvalue weighted by Gasteiger charge is -2.31. The molecule has 186 valence electrons. The topological polar surface area (TPSA) is 102 Å². The van der Waals surface area contributed by atoms with Gasteiger partial charge in [-0.1, -0.05) is 65.9 Å². The van der Waals surface area contributed by atoms with E-state index in [-0.39, 0.29) is 18.4 Å². The van der Waals surface area contributed by atoms with Gasteiger partial charge in [-0.3, -0.25) is 19.5 Å². The fourth-order valence-corrected chi connectivity index (χ4v) is 4.29. The third-order valence-electron chi connectivity index (χ3n) is 6.06. The van der Waals surface area contributed by atoms with E-state index in [1.165, 1.54) is 4.90 Å². The minimum absolute atomic E-state index is 0.109. The molecule has 0 radical (unpaired) electrons. The first-order chi connectivity index (χ1) is 18.2. The van der Waals surface area contributed by atoms with Crippen LogP contribution in [-0.4, -0.2) is 52.1 Å². The molecular weight excluding hydrogens is 468 g/mol. The lowest BCUT2D eigenvalue weighted by Crippen LogP contribution is -2.46. The number of hydrogen-bond donors (Lipinski definition) is 1. The van der Waals surface area contributed by atoms with Crippen LogP contribution in [0.2, 0.25) is 0 Å². The zero-order valence-electron chi connectivity index (χ0n) is 20.3. The van der Waals surface area contributed by atoms with Crippen molar-refractivity contribution in [1.29, 1.82) is 0 Å². The largest absolute Gasteiger partial charge is 0.383 e. The van der Waals surface area contributed by atoms with Crippen LogP contribution in [0.1, 0.15) is 11.6 Å². The number of aromatic nitrogens is 4. The molecule has 3 aromatic carbocycles. The monoisotopic (exact) mass is 494 g/mol. The van der Waals surface area contributed by atoms with Crippen LogP contribution >= 0.6 is 0 Å². The number of rotatable bonds is 9. The van der Waals surface area contributed by atoms with Gasteiger partial charge in [-0.2, -0.15) is 0 Å². The van der Waals surface area contributed by atoms with Crippen molar-refractivity contribution in [3.8, 4) is 0 Å². The Bertz CT molecular complexity index is 1540. The number of pyridine rings is 1. The quantitative estimate of drug-likeness (QED) is 0.315. The highest BCUT2D eigenvalue weighted by Gasteiger charge is 2.33. The molecule has 0 unspecified atom stereocenters. The second-order valence-corrected chi connectivity index (χ2v) is 8.48. The van der Waals surface area contributed by atoms with Crippen molar-refractivity contribution in [2.75, 3.05) is 25.2 Å². The smallest absolute Gasteiger partial charge is 0.249 e. The van der Waals surface area contributed by atoms with Crippen molar-refractivity contribution in [2.24, 2.45) is 0 Å². The number of amides is 2. The molecule has 0 aliphatic carbocycles. The van der Waals surface area contributed by atoms with Gasteiger partial charge in [0.2, 0.25) is 11.8 Å². The second kappa shape index (κ2) is 11.0. The molecule has 1 N–H and O–H groups in total. The normalized spacial score (nSPS) is 11.9. The van der Waals surface area contributed by atoms with Crippen LogP contribution in [0.25, 0.3) is 21.9 Å². The molecule has 0 spiro atoms. The number of carbonyl (C=O) groups is 2. The van der Waals surface area contributed by atoms with Crippen molar-refractivity contribution < 1.29 is 14.3 Å². The Labute approximate surface area is 213 Å². The molecule has 0 bridgehead atoms. The summed E-state index contributed by atoms with van der Waals surface area (Å²) < 4.78 is 6.65. The summed E-state index contributed by atoms with van der Waals surface area (Å²) in [5.74, 6) is -0.656. The minimum Gasteiger partial charge on any atom is -0.383 e. The highest BCUT2D eigenvalue weighted by atomic mass is 16.5. The number of methoxy groups -OCH3 is 1. The van der Waals surface area contributed by atoms with Crippen molar-refractivity contribution in [1.82, 2.24) is 25.3 Å². The van der Waals surface area contributed by atoms with Gasteiger partial charge in [-0.05, 0) is 29.8 Å². The van der Waals surface area contributed by atoms with E-state index in [1.807, 2.05) is 84.9 Å². The molecule has 9 heteroatoms. The number of anilines is 1. The number of nitrogens with zero attached hydrogens (tertiary/aromatic N) is 5. The standard InChI is InChI=1S/C28H26N6O3/c1-37-16-15-29-28(36)27(20-9-3-2-4-10-20)34(22-17-21-11-5-6-12-23(21)30-18-22)26(35)19-33-25-14-8-7-13-24(25)31-32-33/h2-14,17-18,27H,15-16,19H2,1H3,(H,29,36)/t27-/m1/s1. The van der Waals surface area contributed by atoms with Crippen molar-refractivity contribution in [2.45, 2.75) is 12.6 Å². The predicted octanol–water partition coefficient (Wildman–Crippen LogP) is 3.52. The van der Waals surface area contributed by atoms with Crippen molar-refractivity contribution >= 4 is 39.4 Å². The fraction of sp³-hybridized carbons (Fsp3) is 0.179. The molecule has 0 aliphatic rings. The molecule has 5 aromatic rings. The van der Waals surface area contributed by atoms with E-state index < -0.39 is 6.04 Å². The predicted molar refractivity (Wildman–Crippen MR) is 141 cm³/mol. The number of para-hydroxylation sites is 2. The molecule has 9 nitrogen and oxygen atoms in total. The van der Waals surface area contributed by atoms with Crippen LogP contribution in [-0.2, 0) is 20.9 Å². The first-order valence-electron chi connectivity index (χ1n) is 11.9. The molecule has 0 saturated carbocycles. The molecule has 0 aliphatic heterocycles. The summed E-state index contributed by atoms with van der Waals surface area (Å²) in [6, 6.07) is 25.2. The first kappa shape index (κ1) is 24.1. The van der Waals surface area contributed by atoms with E-state index in [0.29, 0.717) is 29.9 Å². The Morgan fingerprint density at radius 1 is 0.973 bits per heavy atom. The van der Waals surface area contributed by atoms with Crippen molar-refractivity contribution in [3.05, 3.63) is 96.7 Å². The van der Waals surface area contributed by atoms with E-state index in [0.717, 1.165) is 16.4 Å². The Kier molecular flexibility index (Phi) is 7.14. The minimum atomic E-state index is -0.941. The SMILES string of the molecule is COCCNC(=O)[C@@H](c1ccccc1)N(C(=O)Cn1nnc2ccccc21)c1cnc2ccccc2c1. The number of hydrogen-bond acceptors (Lipinski definition) is 6. The Balaban J connectivity index is 1.60. The molecule has 37 heavy (non-hydrogen) atoms. The Hall–Kier alpha value is -4.63. The van der Waals surface area contributed by atoms with Gasteiger partial charge in [0.05, 0.1) is 29.5 Å². The summed E-state index contributed by atoms with van der Waals surface area (Å²) in [5, 5.41) is 12.1. The maximum Gasteiger partial charge on any atom is 0.249 e. The van der Waals surface area contributed by atoms with Crippen LogP contribution < -0.4 is 10.2 Å². The van der Waals surface area contributed by atoms with E-state index in [1.54, 1.807) is 18.0 Å². The van der Waals surface area contributed by atoms with Gasteiger partial charge in [0.25, 0.3) is 0 Å². The number of ether oxygens (including phenoxy) is 1. The maximum atomic E-state index is 14.0. The molecule has 0 saturated heterocycles. The average Bonchev–Trinajstić information content (AvgIpc) is 3.34. The highest BCUT2D eigenvalue weighted by molar-refractivity contribution is 6.02. The van der Waals surface area contributed by atoms with E-state index in [2.05, 4.69) is 20.6 Å². The van der Waals surface area contributed by atoms with E-state index in [9.17, 15) is 9.59 Å². The van der Waals surface area contributed by atoms with Crippen molar-refractivity contribution in [3.63, 3.8) is 0 Å². The molecule has 2 aromatic heterocycles. The molecule has 1 atom stereocenters. The number of fused-ring (bicyclic) bond motifs is 2. The molecule has 0 fully saturated rings. The summed E-state index contributed by atoms with van der Waals surface area (Å²) in [5.41, 5.74) is 3.38. The number of benzene rings is 3. The summed E-state index contributed by atoms with van der Waals surface area (Å²) in [7, 11) is 1.57. The summed E-state index contributed by atoms with van der Waals surface area (Å²) in [6.07, 6.45) is 1.62. The Morgan fingerprint density at radius 2 is 1.70 bits per heavy atom. The maximum absolute atomic E-state index is 14.0. The van der Waals surface area contributed by atoms with Crippen LogP contribution in [0.15, 0.2) is 91.1 Å². The van der Waals surface area contributed by atoms with Gasteiger partial charge in [-0.25, -0.2) is 4.68 Å². The van der Waals surface area contributed by atoms with Gasteiger partial charge in [-0.15, -0.1) is 5.10 Å². The van der Waals surface area contributed by atoms with Gasteiger partial charge in [0.1, 0.15) is 18.1 Å². The van der Waals surface area contributed by atoms with Gasteiger partial charge in [0, 0.05) is 19.0 Å². The van der Waals surface area contributed by atoms with Crippen LogP contribution in [0.5, 0.6) is 0 Å². The third-order valence-corrected chi connectivity index (χ3v) is 6.06. The van der Waals surface area contributed by atoms with Crippen LogP contribution in [0.4, 0.5) is 5.69 Å². The molecular formula is C28H26N6O3. The molecule has 5 rings (SSSR count). The highest BCUT2D eigenvalue weighted by Crippen LogP contribution is 2.30. The zero-order chi connectivity index (χ0) is 25.6. The second-order valence-electron chi connectivity index (χ2n) is 8.48. The van der Waals surface area contributed by atoms with Gasteiger partial charge >= 0.3 is 0 Å². The number of carbonyl (C=O) groups excluding carboxylic acids is 2. The summed E-state index contributed by atoms with van der Waals surface area (Å²) in [4.78, 5) is 33.7. The third kappa shape index (κ3) is 5.17. The summed E-state index contributed by atoms with van der Waals surface area (Å²) >= 11 is 0. The fourth-order valence-electron chi connectivity index (χ4n) is 4.29. The first-order valence-corrected chi connectivity index (χ1v) is 11.9. The van der Waals surface area contributed by atoms with Crippen LogP contribution in [0.3, 0.4) is 0 Å². The summed E-state index contributed by atoms with van der Waals surface area (Å²) in [6.45, 7) is 0.552. The molecule has 2 heterocycles. The lowest BCUT2D eigenvalue weighted by molar-refractivity contribution is -0.127. The average molecular weight is 495 g/mol. The van der Waals surface area contributed by atoms with E-state index in [4.69, 9.17) is 4.74 Å². The van der Waals surface area contributed by atoms with Crippen LogP contribution in [0, 0.1) is 0 Å². The Morgan fingerprint density at radius 3 is 2.51 bits per heavy atom.